The predicted octanol–water partition coefficient (Wildman–Crippen LogP) is 5.25. The molecule has 0 bridgehead atoms. The van der Waals surface area contributed by atoms with E-state index in [2.05, 4.69) is 38.9 Å². The summed E-state index contributed by atoms with van der Waals surface area (Å²) in [6.45, 7) is 4.25. The molecule has 0 fully saturated rings. The lowest BCUT2D eigenvalue weighted by Gasteiger charge is -2.15. The van der Waals surface area contributed by atoms with Gasteiger partial charge in [-0.25, -0.2) is 4.79 Å². The molecule has 1 unspecified atom stereocenters. The van der Waals surface area contributed by atoms with Crippen molar-refractivity contribution in [3.8, 4) is 0 Å². The van der Waals surface area contributed by atoms with Crippen molar-refractivity contribution < 1.29 is 9.53 Å². The van der Waals surface area contributed by atoms with Crippen LogP contribution in [0.15, 0.2) is 40.2 Å². The largest absolute Gasteiger partial charge is 0.450 e. The van der Waals surface area contributed by atoms with E-state index in [9.17, 15) is 4.79 Å². The van der Waals surface area contributed by atoms with Crippen LogP contribution in [0.3, 0.4) is 0 Å². The van der Waals surface area contributed by atoms with Gasteiger partial charge in [0, 0.05) is 20.7 Å². The van der Waals surface area contributed by atoms with Crippen molar-refractivity contribution >= 4 is 44.7 Å². The molecule has 0 aliphatic carbocycles. The highest BCUT2D eigenvalue weighted by molar-refractivity contribution is 9.10. The Kier molecular flexibility index (Phi) is 5.64. The van der Waals surface area contributed by atoms with Crippen LogP contribution in [0.5, 0.6) is 0 Å². The fourth-order valence-corrected chi connectivity index (χ4v) is 3.59. The van der Waals surface area contributed by atoms with Crippen molar-refractivity contribution in [2.45, 2.75) is 19.9 Å². The van der Waals surface area contributed by atoms with Crippen LogP contribution in [0.25, 0.3) is 0 Å². The van der Waals surface area contributed by atoms with E-state index in [0.717, 1.165) is 10.2 Å². The second-order valence-corrected chi connectivity index (χ2v) is 6.22. The summed E-state index contributed by atoms with van der Waals surface area (Å²) in [5.41, 5.74) is 1.71. The molecular weight excluding hydrogens is 352 g/mol. The Labute approximate surface area is 136 Å². The smallest absolute Gasteiger partial charge is 0.411 e. The minimum Gasteiger partial charge on any atom is -0.450 e. The van der Waals surface area contributed by atoms with Crippen LogP contribution in [-0.2, 0) is 4.74 Å². The molecule has 0 aliphatic heterocycles. The SMILES string of the molecule is CCOC(=O)Nc1ccc(NC(C)c2sccc2Br)cc1. The summed E-state index contributed by atoms with van der Waals surface area (Å²) in [6.07, 6.45) is -0.436. The summed E-state index contributed by atoms with van der Waals surface area (Å²) < 4.78 is 5.95. The van der Waals surface area contributed by atoms with Crippen molar-refractivity contribution in [2.24, 2.45) is 0 Å². The number of carbonyl (C=O) groups excluding carboxylic acids is 1. The first-order valence-electron chi connectivity index (χ1n) is 6.63. The van der Waals surface area contributed by atoms with E-state index < -0.39 is 6.09 Å². The van der Waals surface area contributed by atoms with E-state index in [0.29, 0.717) is 12.3 Å². The van der Waals surface area contributed by atoms with E-state index >= 15 is 0 Å². The number of ether oxygens (including phenoxy) is 1. The number of carbonyl (C=O) groups is 1. The van der Waals surface area contributed by atoms with Crippen LogP contribution in [0.1, 0.15) is 24.8 Å². The van der Waals surface area contributed by atoms with Gasteiger partial charge in [-0.2, -0.15) is 0 Å². The molecule has 6 heteroatoms. The number of rotatable bonds is 5. The van der Waals surface area contributed by atoms with Gasteiger partial charge in [0.05, 0.1) is 12.6 Å². The number of anilines is 2. The van der Waals surface area contributed by atoms with E-state index in [-0.39, 0.29) is 6.04 Å². The minimum atomic E-state index is -0.436. The minimum absolute atomic E-state index is 0.211. The number of hydrogen-bond donors (Lipinski definition) is 2. The number of benzene rings is 1. The second-order valence-electron chi connectivity index (χ2n) is 4.42. The molecular formula is C15H17BrN2O2S. The Balaban J connectivity index is 1.96. The summed E-state index contributed by atoms with van der Waals surface area (Å²) in [7, 11) is 0. The third kappa shape index (κ3) is 4.47. The molecule has 0 spiro atoms. The average molecular weight is 369 g/mol. The Morgan fingerprint density at radius 1 is 1.29 bits per heavy atom. The van der Waals surface area contributed by atoms with Gasteiger partial charge in [0.1, 0.15) is 0 Å². The Bertz CT molecular complexity index is 598. The van der Waals surface area contributed by atoms with Gasteiger partial charge in [-0.1, -0.05) is 0 Å². The van der Waals surface area contributed by atoms with Gasteiger partial charge < -0.3 is 10.1 Å². The second kappa shape index (κ2) is 7.47. The van der Waals surface area contributed by atoms with E-state index in [1.54, 1.807) is 18.3 Å². The maximum absolute atomic E-state index is 11.3. The van der Waals surface area contributed by atoms with Gasteiger partial charge in [-0.3, -0.25) is 5.32 Å². The van der Waals surface area contributed by atoms with Gasteiger partial charge in [-0.15, -0.1) is 11.3 Å². The van der Waals surface area contributed by atoms with Crippen LogP contribution < -0.4 is 10.6 Å². The molecule has 1 aromatic heterocycles. The van der Waals surface area contributed by atoms with Crippen molar-refractivity contribution in [3.63, 3.8) is 0 Å². The molecule has 1 atom stereocenters. The fraction of sp³-hybridized carbons (Fsp3) is 0.267. The van der Waals surface area contributed by atoms with Crippen LogP contribution in [0.2, 0.25) is 0 Å². The highest BCUT2D eigenvalue weighted by Crippen LogP contribution is 2.31. The quantitative estimate of drug-likeness (QED) is 0.757. The number of nitrogens with one attached hydrogen (secondary N) is 2. The van der Waals surface area contributed by atoms with Gasteiger partial charge in [-0.05, 0) is 65.5 Å². The molecule has 0 radical (unpaired) electrons. The van der Waals surface area contributed by atoms with E-state index in [1.165, 1.54) is 4.88 Å². The van der Waals surface area contributed by atoms with Gasteiger partial charge in [0.15, 0.2) is 0 Å². The molecule has 2 aromatic rings. The molecule has 0 saturated heterocycles. The standard InChI is InChI=1S/C15H17BrN2O2S/c1-3-20-15(19)18-12-6-4-11(5-7-12)17-10(2)14-13(16)8-9-21-14/h4-10,17H,3H2,1-2H3,(H,18,19). The molecule has 4 nitrogen and oxygen atoms in total. The summed E-state index contributed by atoms with van der Waals surface area (Å²) in [6, 6.07) is 9.80. The van der Waals surface area contributed by atoms with Crippen molar-refractivity contribution in [2.75, 3.05) is 17.2 Å². The average Bonchev–Trinajstić information content (AvgIpc) is 2.87. The number of halogens is 1. The first-order chi connectivity index (χ1) is 10.1. The van der Waals surface area contributed by atoms with Crippen LogP contribution >= 0.6 is 27.3 Å². The van der Waals surface area contributed by atoms with E-state index in [4.69, 9.17) is 4.74 Å². The van der Waals surface area contributed by atoms with Crippen molar-refractivity contribution in [1.29, 1.82) is 0 Å². The zero-order chi connectivity index (χ0) is 15.2. The molecule has 0 aliphatic rings. The molecule has 2 N–H and O–H groups in total. The van der Waals surface area contributed by atoms with Crippen molar-refractivity contribution in [3.05, 3.63) is 45.1 Å². The third-order valence-electron chi connectivity index (χ3n) is 2.83. The molecule has 0 saturated carbocycles. The Hall–Kier alpha value is -1.53. The lowest BCUT2D eigenvalue weighted by molar-refractivity contribution is 0.168. The van der Waals surface area contributed by atoms with E-state index in [1.807, 2.05) is 30.3 Å². The zero-order valence-corrected chi connectivity index (χ0v) is 14.3. The molecule has 1 heterocycles. The number of thiophene rings is 1. The summed E-state index contributed by atoms with van der Waals surface area (Å²) >= 11 is 5.25. The van der Waals surface area contributed by atoms with Gasteiger partial charge in [0.25, 0.3) is 0 Å². The topological polar surface area (TPSA) is 50.4 Å². The van der Waals surface area contributed by atoms with Crippen LogP contribution in [0, 0.1) is 0 Å². The van der Waals surface area contributed by atoms with Gasteiger partial charge >= 0.3 is 6.09 Å². The third-order valence-corrected chi connectivity index (χ3v) is 4.88. The molecule has 112 valence electrons. The van der Waals surface area contributed by atoms with Crippen molar-refractivity contribution in [1.82, 2.24) is 0 Å². The lowest BCUT2D eigenvalue weighted by Crippen LogP contribution is -2.13. The first-order valence-corrected chi connectivity index (χ1v) is 8.30. The summed E-state index contributed by atoms with van der Waals surface area (Å²) in [4.78, 5) is 12.6. The summed E-state index contributed by atoms with van der Waals surface area (Å²) in [5.74, 6) is 0. The molecule has 1 amide bonds. The molecule has 2 rings (SSSR count). The van der Waals surface area contributed by atoms with Crippen LogP contribution in [0.4, 0.5) is 16.2 Å². The van der Waals surface area contributed by atoms with Gasteiger partial charge in [0.2, 0.25) is 0 Å². The normalized spacial score (nSPS) is 11.8. The van der Waals surface area contributed by atoms with Crippen LogP contribution in [-0.4, -0.2) is 12.7 Å². The zero-order valence-electron chi connectivity index (χ0n) is 11.9. The fourth-order valence-electron chi connectivity index (χ4n) is 1.86. The summed E-state index contributed by atoms with van der Waals surface area (Å²) in [5, 5.41) is 8.15. The maximum Gasteiger partial charge on any atom is 0.411 e. The highest BCUT2D eigenvalue weighted by Gasteiger charge is 2.10. The predicted molar refractivity (Wildman–Crippen MR) is 91.1 cm³/mol. The monoisotopic (exact) mass is 368 g/mol. The number of amides is 1. The maximum atomic E-state index is 11.3. The Morgan fingerprint density at radius 2 is 1.95 bits per heavy atom. The molecule has 21 heavy (non-hydrogen) atoms. The lowest BCUT2D eigenvalue weighted by atomic mass is 10.2. The first kappa shape index (κ1) is 15.9. The molecule has 1 aromatic carbocycles. The number of hydrogen-bond acceptors (Lipinski definition) is 4. The highest BCUT2D eigenvalue weighted by atomic mass is 79.9. The Morgan fingerprint density at radius 3 is 2.52 bits per heavy atom.